The molecule has 1 saturated heterocycles. The van der Waals surface area contributed by atoms with Crippen molar-refractivity contribution >= 4 is 29.3 Å². The highest BCUT2D eigenvalue weighted by Crippen LogP contribution is 2.25. The van der Waals surface area contributed by atoms with E-state index in [0.29, 0.717) is 23.7 Å². The molecule has 1 aliphatic rings. The summed E-state index contributed by atoms with van der Waals surface area (Å²) < 4.78 is 0. The Morgan fingerprint density at radius 1 is 1.26 bits per heavy atom. The van der Waals surface area contributed by atoms with Gasteiger partial charge in [-0.3, -0.25) is 4.79 Å². The maximum atomic E-state index is 12.2. The minimum atomic E-state index is -0.0445. The number of carbonyl (C=O) groups excluding carboxylic acids is 1. The van der Waals surface area contributed by atoms with Gasteiger partial charge in [-0.2, -0.15) is 0 Å². The lowest BCUT2D eigenvalue weighted by Gasteiger charge is -2.20. The standard InChI is InChI=1S/C23H31ClN6O/c1-3-11-27-22(31)18-8-5-7-17(14-18)15-28-23(25-4-2)29-19-10-13-30(16-19)21-20(24)9-6-12-26-21/h5-9,12,14,19H,3-4,10-11,13,15-16H2,1-2H3,(H,27,31)(H2,25,28,29). The summed E-state index contributed by atoms with van der Waals surface area (Å²) >= 11 is 6.30. The van der Waals surface area contributed by atoms with Crippen molar-refractivity contribution in [3.05, 3.63) is 58.7 Å². The van der Waals surface area contributed by atoms with Gasteiger partial charge >= 0.3 is 0 Å². The first-order valence-electron chi connectivity index (χ1n) is 10.9. The van der Waals surface area contributed by atoms with Gasteiger partial charge < -0.3 is 20.9 Å². The van der Waals surface area contributed by atoms with E-state index in [1.807, 2.05) is 50.2 Å². The van der Waals surface area contributed by atoms with Crippen LogP contribution in [0.3, 0.4) is 0 Å². The molecule has 2 heterocycles. The van der Waals surface area contributed by atoms with Crippen molar-refractivity contribution in [2.45, 2.75) is 39.3 Å². The summed E-state index contributed by atoms with van der Waals surface area (Å²) in [5.41, 5.74) is 1.66. The second kappa shape index (κ2) is 11.6. The topological polar surface area (TPSA) is 81.6 Å². The smallest absolute Gasteiger partial charge is 0.251 e. The average Bonchev–Trinajstić information content (AvgIpc) is 3.24. The van der Waals surface area contributed by atoms with Gasteiger partial charge in [0.15, 0.2) is 5.96 Å². The third-order valence-electron chi connectivity index (χ3n) is 5.06. The summed E-state index contributed by atoms with van der Waals surface area (Å²) in [5, 5.41) is 10.4. The molecule has 1 fully saturated rings. The van der Waals surface area contributed by atoms with E-state index in [1.165, 1.54) is 0 Å². The number of carbonyl (C=O) groups is 1. The minimum Gasteiger partial charge on any atom is -0.357 e. The summed E-state index contributed by atoms with van der Waals surface area (Å²) in [7, 11) is 0. The highest BCUT2D eigenvalue weighted by molar-refractivity contribution is 6.32. The van der Waals surface area contributed by atoms with Crippen LogP contribution in [0.4, 0.5) is 5.82 Å². The number of hydrogen-bond donors (Lipinski definition) is 3. The Bertz CT molecular complexity index is 903. The summed E-state index contributed by atoms with van der Waals surface area (Å²) in [4.78, 5) is 23.5. The zero-order chi connectivity index (χ0) is 22.1. The average molecular weight is 443 g/mol. The summed E-state index contributed by atoms with van der Waals surface area (Å²) in [6, 6.07) is 11.6. The van der Waals surface area contributed by atoms with E-state index in [-0.39, 0.29) is 11.9 Å². The van der Waals surface area contributed by atoms with E-state index >= 15 is 0 Å². The van der Waals surface area contributed by atoms with Gasteiger partial charge in [0, 0.05) is 44.0 Å². The van der Waals surface area contributed by atoms with Crippen LogP contribution in [-0.4, -0.2) is 49.1 Å². The zero-order valence-electron chi connectivity index (χ0n) is 18.2. The lowest BCUT2D eigenvalue weighted by molar-refractivity contribution is 0.0953. The van der Waals surface area contributed by atoms with Crippen LogP contribution in [0.1, 0.15) is 42.6 Å². The quantitative estimate of drug-likeness (QED) is 0.432. The molecule has 1 aliphatic heterocycles. The van der Waals surface area contributed by atoms with Crippen molar-refractivity contribution in [3.63, 3.8) is 0 Å². The fourth-order valence-electron chi connectivity index (χ4n) is 3.52. The van der Waals surface area contributed by atoms with E-state index < -0.39 is 0 Å². The number of rotatable bonds is 8. The maximum absolute atomic E-state index is 12.2. The summed E-state index contributed by atoms with van der Waals surface area (Å²) in [6.07, 6.45) is 3.66. The molecule has 166 valence electrons. The van der Waals surface area contributed by atoms with Crippen LogP contribution in [0, 0.1) is 0 Å². The van der Waals surface area contributed by atoms with Gasteiger partial charge in [-0.15, -0.1) is 0 Å². The lowest BCUT2D eigenvalue weighted by atomic mass is 10.1. The van der Waals surface area contributed by atoms with E-state index in [9.17, 15) is 4.79 Å². The molecule has 31 heavy (non-hydrogen) atoms. The van der Waals surface area contributed by atoms with E-state index in [0.717, 1.165) is 49.8 Å². The van der Waals surface area contributed by atoms with Crippen LogP contribution in [0.25, 0.3) is 0 Å². The molecule has 0 saturated carbocycles. The molecule has 3 N–H and O–H groups in total. The van der Waals surface area contributed by atoms with Crippen molar-refractivity contribution in [2.24, 2.45) is 4.99 Å². The first kappa shape index (κ1) is 22.9. The Morgan fingerprint density at radius 2 is 2.13 bits per heavy atom. The fourth-order valence-corrected chi connectivity index (χ4v) is 3.76. The highest BCUT2D eigenvalue weighted by Gasteiger charge is 2.25. The van der Waals surface area contributed by atoms with Gasteiger partial charge in [-0.25, -0.2) is 9.98 Å². The normalized spacial score (nSPS) is 16.3. The molecular weight excluding hydrogens is 412 g/mol. The van der Waals surface area contributed by atoms with Gasteiger partial charge in [0.2, 0.25) is 0 Å². The number of nitrogens with one attached hydrogen (secondary N) is 3. The molecule has 8 heteroatoms. The molecule has 1 unspecified atom stereocenters. The van der Waals surface area contributed by atoms with Crippen LogP contribution < -0.4 is 20.9 Å². The van der Waals surface area contributed by atoms with Crippen LogP contribution in [0.5, 0.6) is 0 Å². The zero-order valence-corrected chi connectivity index (χ0v) is 19.0. The van der Waals surface area contributed by atoms with Gasteiger partial charge in [0.05, 0.1) is 11.6 Å². The number of aromatic nitrogens is 1. The predicted molar refractivity (Wildman–Crippen MR) is 127 cm³/mol. The Hall–Kier alpha value is -2.80. The number of anilines is 1. The van der Waals surface area contributed by atoms with Crippen molar-refractivity contribution in [2.75, 3.05) is 31.1 Å². The molecule has 0 spiro atoms. The van der Waals surface area contributed by atoms with E-state index in [2.05, 4.69) is 25.8 Å². The van der Waals surface area contributed by atoms with Crippen LogP contribution >= 0.6 is 11.6 Å². The molecule has 1 atom stereocenters. The van der Waals surface area contributed by atoms with Crippen LogP contribution in [0.2, 0.25) is 5.02 Å². The number of nitrogens with zero attached hydrogens (tertiary/aromatic N) is 3. The molecule has 0 bridgehead atoms. The largest absolute Gasteiger partial charge is 0.357 e. The number of benzene rings is 1. The molecule has 2 aromatic rings. The van der Waals surface area contributed by atoms with Crippen molar-refractivity contribution in [3.8, 4) is 0 Å². The molecular formula is C23H31ClN6O. The molecule has 3 rings (SSSR count). The number of pyridine rings is 1. The predicted octanol–water partition coefficient (Wildman–Crippen LogP) is 3.21. The molecule has 1 amide bonds. The summed E-state index contributed by atoms with van der Waals surface area (Å²) in [6.45, 7) is 7.73. The van der Waals surface area contributed by atoms with Gasteiger partial charge in [-0.1, -0.05) is 30.7 Å². The maximum Gasteiger partial charge on any atom is 0.251 e. The second-order valence-corrected chi connectivity index (χ2v) is 7.94. The molecule has 0 aliphatic carbocycles. The number of aliphatic imine (C=N–C) groups is 1. The minimum absolute atomic E-state index is 0.0445. The SMILES string of the molecule is CCCNC(=O)c1cccc(CN=C(NCC)NC2CCN(c3ncccc3Cl)C2)c1. The highest BCUT2D eigenvalue weighted by atomic mass is 35.5. The van der Waals surface area contributed by atoms with E-state index in [4.69, 9.17) is 16.6 Å². The molecule has 1 aromatic carbocycles. The fraction of sp³-hybridized carbons (Fsp3) is 0.435. The first-order chi connectivity index (χ1) is 15.1. The molecule has 0 radical (unpaired) electrons. The van der Waals surface area contributed by atoms with E-state index in [1.54, 1.807) is 6.20 Å². The van der Waals surface area contributed by atoms with Crippen molar-refractivity contribution in [1.29, 1.82) is 0 Å². The number of amides is 1. The lowest BCUT2D eigenvalue weighted by Crippen LogP contribution is -2.44. The van der Waals surface area contributed by atoms with Crippen LogP contribution in [0.15, 0.2) is 47.6 Å². The molecule has 7 nitrogen and oxygen atoms in total. The first-order valence-corrected chi connectivity index (χ1v) is 11.3. The third kappa shape index (κ3) is 6.59. The van der Waals surface area contributed by atoms with Gasteiger partial charge in [-0.05, 0) is 49.6 Å². The van der Waals surface area contributed by atoms with Crippen molar-refractivity contribution in [1.82, 2.24) is 20.9 Å². The Balaban J connectivity index is 1.61. The number of hydrogen-bond acceptors (Lipinski definition) is 4. The second-order valence-electron chi connectivity index (χ2n) is 7.54. The van der Waals surface area contributed by atoms with Gasteiger partial charge in [0.25, 0.3) is 5.91 Å². The van der Waals surface area contributed by atoms with Gasteiger partial charge in [0.1, 0.15) is 5.82 Å². The van der Waals surface area contributed by atoms with Crippen molar-refractivity contribution < 1.29 is 4.79 Å². The summed E-state index contributed by atoms with van der Waals surface area (Å²) in [5.74, 6) is 1.55. The molecule has 1 aromatic heterocycles. The monoisotopic (exact) mass is 442 g/mol. The van der Waals surface area contributed by atoms with Crippen LogP contribution in [-0.2, 0) is 6.54 Å². The Kier molecular flexibility index (Phi) is 8.53. The number of halogens is 1. The number of guanidine groups is 1. The third-order valence-corrected chi connectivity index (χ3v) is 5.35. The Labute approximate surface area is 189 Å². The Morgan fingerprint density at radius 3 is 2.90 bits per heavy atom.